The van der Waals surface area contributed by atoms with Crippen molar-refractivity contribution >= 4 is 29.3 Å². The molecule has 156 valence electrons. The van der Waals surface area contributed by atoms with E-state index < -0.39 is 10.8 Å². The fraction of sp³-hybridized carbons (Fsp3) is 0.238. The van der Waals surface area contributed by atoms with E-state index in [4.69, 9.17) is 21.1 Å². The van der Waals surface area contributed by atoms with E-state index in [9.17, 15) is 20.2 Å². The summed E-state index contributed by atoms with van der Waals surface area (Å²) in [5, 5.41) is 23.0. The highest BCUT2D eigenvalue weighted by molar-refractivity contribution is 6.32. The smallest absolute Gasteiger partial charge is 0.269 e. The van der Waals surface area contributed by atoms with Crippen LogP contribution in [-0.4, -0.2) is 24.0 Å². The van der Waals surface area contributed by atoms with Gasteiger partial charge in [-0.25, -0.2) is 0 Å². The average Bonchev–Trinajstić information content (AvgIpc) is 2.70. The molecule has 0 aliphatic heterocycles. The minimum Gasteiger partial charge on any atom is -0.493 e. The summed E-state index contributed by atoms with van der Waals surface area (Å²) in [6.07, 6.45) is 1.40. The number of carbonyl (C=O) groups is 1. The minimum absolute atomic E-state index is 0.0349. The molecule has 1 N–H and O–H groups in total. The number of amides is 1. The summed E-state index contributed by atoms with van der Waals surface area (Å²) in [6.45, 7) is 3.62. The van der Waals surface area contributed by atoms with E-state index in [2.05, 4.69) is 5.32 Å². The zero-order chi connectivity index (χ0) is 22.3. The zero-order valence-electron chi connectivity index (χ0n) is 16.6. The number of nitriles is 1. The van der Waals surface area contributed by atoms with E-state index in [1.54, 1.807) is 32.0 Å². The average molecular weight is 430 g/mol. The van der Waals surface area contributed by atoms with Crippen molar-refractivity contribution in [1.29, 1.82) is 5.26 Å². The van der Waals surface area contributed by atoms with Crippen molar-refractivity contribution in [2.45, 2.75) is 26.5 Å². The quantitative estimate of drug-likeness (QED) is 0.290. The van der Waals surface area contributed by atoms with E-state index in [1.807, 2.05) is 6.07 Å². The molecule has 0 atom stereocenters. The molecule has 9 heteroatoms. The maximum atomic E-state index is 12.1. The molecular formula is C21H20ClN3O5. The van der Waals surface area contributed by atoms with Crippen LogP contribution in [0.3, 0.4) is 0 Å². The fourth-order valence-electron chi connectivity index (χ4n) is 2.53. The predicted octanol–water partition coefficient (Wildman–Crippen LogP) is 4.27. The first-order valence-corrected chi connectivity index (χ1v) is 9.29. The Hall–Kier alpha value is -3.57. The molecule has 0 bridgehead atoms. The number of nitrogens with one attached hydrogen (secondary N) is 1. The van der Waals surface area contributed by atoms with Gasteiger partial charge in [0.25, 0.3) is 11.6 Å². The number of benzene rings is 2. The predicted molar refractivity (Wildman–Crippen MR) is 112 cm³/mol. The number of rotatable bonds is 8. The van der Waals surface area contributed by atoms with Gasteiger partial charge in [0, 0.05) is 18.2 Å². The molecule has 0 aliphatic carbocycles. The standard InChI is InChI=1S/C21H20ClN3O5/c1-13(2)24-21(26)16(11-23)7-15-9-18(22)20(19(10-15)29-3)30-12-14-5-4-6-17(8-14)25(27)28/h4-10,13H,12H2,1-3H3,(H,24,26)/b16-7-. The highest BCUT2D eigenvalue weighted by Gasteiger charge is 2.15. The van der Waals surface area contributed by atoms with Crippen LogP contribution >= 0.6 is 11.6 Å². The fourth-order valence-corrected chi connectivity index (χ4v) is 2.81. The Morgan fingerprint density at radius 2 is 2.10 bits per heavy atom. The second-order valence-corrected chi connectivity index (χ2v) is 6.95. The lowest BCUT2D eigenvalue weighted by Gasteiger charge is -2.14. The summed E-state index contributed by atoms with van der Waals surface area (Å²) >= 11 is 6.33. The van der Waals surface area contributed by atoms with Crippen molar-refractivity contribution in [3.63, 3.8) is 0 Å². The van der Waals surface area contributed by atoms with Crippen LogP contribution in [0.4, 0.5) is 5.69 Å². The maximum absolute atomic E-state index is 12.1. The number of ether oxygens (including phenoxy) is 2. The lowest BCUT2D eigenvalue weighted by molar-refractivity contribution is -0.384. The largest absolute Gasteiger partial charge is 0.493 e. The van der Waals surface area contributed by atoms with Gasteiger partial charge in [0.1, 0.15) is 18.2 Å². The van der Waals surface area contributed by atoms with Gasteiger partial charge in [0.05, 0.1) is 17.1 Å². The van der Waals surface area contributed by atoms with E-state index in [0.717, 1.165) is 0 Å². The molecule has 0 saturated carbocycles. The first kappa shape index (κ1) is 22.7. The zero-order valence-corrected chi connectivity index (χ0v) is 17.4. The third-order valence-electron chi connectivity index (χ3n) is 3.85. The highest BCUT2D eigenvalue weighted by atomic mass is 35.5. The van der Waals surface area contributed by atoms with E-state index in [-0.39, 0.29) is 34.7 Å². The van der Waals surface area contributed by atoms with Crippen molar-refractivity contribution in [2.24, 2.45) is 0 Å². The van der Waals surface area contributed by atoms with Crippen molar-refractivity contribution in [2.75, 3.05) is 7.11 Å². The lowest BCUT2D eigenvalue weighted by atomic mass is 10.1. The van der Waals surface area contributed by atoms with Gasteiger partial charge in [0.2, 0.25) is 0 Å². The van der Waals surface area contributed by atoms with Gasteiger partial charge in [-0.05, 0) is 43.2 Å². The van der Waals surface area contributed by atoms with E-state index >= 15 is 0 Å². The molecule has 1 amide bonds. The van der Waals surface area contributed by atoms with Gasteiger partial charge in [-0.3, -0.25) is 14.9 Å². The Balaban J connectivity index is 2.28. The van der Waals surface area contributed by atoms with Crippen molar-refractivity contribution < 1.29 is 19.2 Å². The molecule has 0 radical (unpaired) electrons. The molecule has 30 heavy (non-hydrogen) atoms. The molecule has 8 nitrogen and oxygen atoms in total. The molecule has 0 aliphatic rings. The van der Waals surface area contributed by atoms with E-state index in [1.165, 1.54) is 31.4 Å². The van der Waals surface area contributed by atoms with Gasteiger partial charge in [0.15, 0.2) is 11.5 Å². The number of carbonyl (C=O) groups excluding carboxylic acids is 1. The third-order valence-corrected chi connectivity index (χ3v) is 4.13. The van der Waals surface area contributed by atoms with Gasteiger partial charge in [-0.15, -0.1) is 0 Å². The van der Waals surface area contributed by atoms with Crippen LogP contribution in [0.5, 0.6) is 11.5 Å². The number of halogens is 1. The minimum atomic E-state index is -0.492. The van der Waals surface area contributed by atoms with Crippen LogP contribution in [0.15, 0.2) is 42.0 Å². The van der Waals surface area contributed by atoms with Crippen LogP contribution in [0.25, 0.3) is 6.08 Å². The number of nitro benzene ring substituents is 1. The summed E-state index contributed by atoms with van der Waals surface area (Å²) in [5.74, 6) is 0.0438. The van der Waals surface area contributed by atoms with Gasteiger partial charge in [-0.2, -0.15) is 5.26 Å². The van der Waals surface area contributed by atoms with Crippen molar-refractivity contribution in [1.82, 2.24) is 5.32 Å². The van der Waals surface area contributed by atoms with E-state index in [0.29, 0.717) is 16.9 Å². The first-order chi connectivity index (χ1) is 14.2. The number of hydrogen-bond donors (Lipinski definition) is 1. The topological polar surface area (TPSA) is 114 Å². The number of nitrogens with zero attached hydrogens (tertiary/aromatic N) is 2. The summed E-state index contributed by atoms with van der Waals surface area (Å²) < 4.78 is 11.0. The summed E-state index contributed by atoms with van der Waals surface area (Å²) in [7, 11) is 1.43. The van der Waals surface area contributed by atoms with Crippen LogP contribution < -0.4 is 14.8 Å². The Kier molecular flexibility index (Phi) is 7.78. The number of non-ortho nitro benzene ring substituents is 1. The second-order valence-electron chi connectivity index (χ2n) is 6.55. The summed E-state index contributed by atoms with van der Waals surface area (Å²) in [4.78, 5) is 22.5. The van der Waals surface area contributed by atoms with Crippen LogP contribution in [0.2, 0.25) is 5.02 Å². The Morgan fingerprint density at radius 3 is 2.70 bits per heavy atom. The van der Waals surface area contributed by atoms with Crippen molar-refractivity contribution in [3.8, 4) is 17.6 Å². The normalized spacial score (nSPS) is 11.0. The SMILES string of the molecule is COc1cc(/C=C(/C#N)C(=O)NC(C)C)cc(Cl)c1OCc1cccc([N+](=O)[O-])c1. The molecule has 2 rings (SSSR count). The Bertz CT molecular complexity index is 1030. The lowest BCUT2D eigenvalue weighted by Crippen LogP contribution is -2.30. The summed E-state index contributed by atoms with van der Waals surface area (Å²) in [5.41, 5.74) is 0.948. The second kappa shape index (κ2) is 10.3. The molecule has 2 aromatic carbocycles. The number of methoxy groups -OCH3 is 1. The molecule has 2 aromatic rings. The molecule has 0 aromatic heterocycles. The third kappa shape index (κ3) is 5.96. The molecule has 0 unspecified atom stereocenters. The number of hydrogen-bond acceptors (Lipinski definition) is 6. The first-order valence-electron chi connectivity index (χ1n) is 8.91. The molecule has 0 heterocycles. The molecule has 0 fully saturated rings. The van der Waals surface area contributed by atoms with Crippen LogP contribution in [0.1, 0.15) is 25.0 Å². The Morgan fingerprint density at radius 1 is 1.37 bits per heavy atom. The molecule has 0 spiro atoms. The molecule has 0 saturated heterocycles. The van der Waals surface area contributed by atoms with Gasteiger partial charge < -0.3 is 14.8 Å². The van der Waals surface area contributed by atoms with Crippen molar-refractivity contribution in [3.05, 3.63) is 68.2 Å². The maximum Gasteiger partial charge on any atom is 0.269 e. The van der Waals surface area contributed by atoms with Crippen LogP contribution in [-0.2, 0) is 11.4 Å². The van der Waals surface area contributed by atoms with Gasteiger partial charge >= 0.3 is 0 Å². The summed E-state index contributed by atoms with van der Waals surface area (Å²) in [6, 6.07) is 10.9. The monoisotopic (exact) mass is 429 g/mol. The van der Waals surface area contributed by atoms with Crippen LogP contribution in [0, 0.1) is 21.4 Å². The molecular weight excluding hydrogens is 410 g/mol. The number of nitro groups is 1. The van der Waals surface area contributed by atoms with Gasteiger partial charge in [-0.1, -0.05) is 23.7 Å². The Labute approximate surface area is 178 Å². The highest BCUT2D eigenvalue weighted by Crippen LogP contribution is 2.37.